The second-order valence-corrected chi connectivity index (χ2v) is 9.89. The van der Waals surface area contributed by atoms with Crippen molar-refractivity contribution in [1.82, 2.24) is 10.9 Å². The lowest BCUT2D eigenvalue weighted by molar-refractivity contribution is -0.159. The first-order valence-electron chi connectivity index (χ1n) is 13.1. The maximum atomic E-state index is 13.2. The standard InChI is InChI=1S/C31H31N3O9/c1-17(2)26(35)32-23-13-11-20(12-14-23)27(36)33-34-28(37)24(42-30(40)21-9-5-7-18(3)15-21)25(29(38)39)43-31(41)22-10-6-8-19(4)16-22/h5-17,24-25H,1-4H3,(H,32,35)(H,33,36)(H,34,37)(H,38,39)/t24-,25-/m1/s1. The molecule has 12 heteroatoms. The molecule has 0 aliphatic rings. The van der Waals surface area contributed by atoms with E-state index >= 15 is 0 Å². The normalized spacial score (nSPS) is 11.9. The monoisotopic (exact) mass is 589 g/mol. The molecule has 0 saturated heterocycles. The SMILES string of the molecule is Cc1cccc(C(=O)O[C@@H](C(=O)O)[C@@H](OC(=O)c2cccc(C)c2)C(=O)NNC(=O)c2ccc(NC(=O)C(C)C)cc2)c1. The van der Waals surface area contributed by atoms with E-state index in [2.05, 4.69) is 10.7 Å². The van der Waals surface area contributed by atoms with Crippen molar-refractivity contribution in [1.29, 1.82) is 0 Å². The number of carbonyl (C=O) groups is 6. The van der Waals surface area contributed by atoms with Crippen molar-refractivity contribution in [2.24, 2.45) is 5.92 Å². The second kappa shape index (κ2) is 14.4. The van der Waals surface area contributed by atoms with Crippen LogP contribution in [0.1, 0.15) is 56.0 Å². The molecule has 3 amide bonds. The molecule has 12 nitrogen and oxygen atoms in total. The molecule has 4 N–H and O–H groups in total. The van der Waals surface area contributed by atoms with Crippen LogP contribution in [0.3, 0.4) is 0 Å². The fraction of sp³-hybridized carbons (Fsp3) is 0.226. The molecule has 3 rings (SSSR count). The van der Waals surface area contributed by atoms with E-state index in [0.29, 0.717) is 16.8 Å². The molecule has 0 aromatic heterocycles. The van der Waals surface area contributed by atoms with Crippen LogP contribution >= 0.6 is 0 Å². The third-order valence-electron chi connectivity index (χ3n) is 5.99. The number of carbonyl (C=O) groups excluding carboxylic acids is 5. The summed E-state index contributed by atoms with van der Waals surface area (Å²) in [6.07, 6.45) is -4.48. The smallest absolute Gasteiger partial charge is 0.349 e. The number of hydrogen-bond acceptors (Lipinski definition) is 8. The summed E-state index contributed by atoms with van der Waals surface area (Å²) < 4.78 is 10.4. The Labute approximate surface area is 247 Å². The van der Waals surface area contributed by atoms with Crippen molar-refractivity contribution in [2.45, 2.75) is 39.9 Å². The van der Waals surface area contributed by atoms with Gasteiger partial charge in [0.15, 0.2) is 0 Å². The van der Waals surface area contributed by atoms with E-state index in [0.717, 1.165) is 0 Å². The van der Waals surface area contributed by atoms with Crippen LogP contribution in [0.5, 0.6) is 0 Å². The molecule has 43 heavy (non-hydrogen) atoms. The van der Waals surface area contributed by atoms with E-state index in [9.17, 15) is 33.9 Å². The van der Waals surface area contributed by atoms with Gasteiger partial charge in [0.25, 0.3) is 11.8 Å². The first kappa shape index (κ1) is 32.0. The summed E-state index contributed by atoms with van der Waals surface area (Å²) in [5.74, 6) is -6.46. The van der Waals surface area contributed by atoms with E-state index in [4.69, 9.17) is 9.47 Å². The first-order chi connectivity index (χ1) is 20.3. The summed E-state index contributed by atoms with van der Waals surface area (Å²) in [5.41, 5.74) is 6.08. The molecule has 0 fully saturated rings. The molecule has 0 heterocycles. The second-order valence-electron chi connectivity index (χ2n) is 9.89. The number of carboxylic acid groups (broad SMARTS) is 1. The van der Waals surface area contributed by atoms with Gasteiger partial charge < -0.3 is 19.9 Å². The molecule has 0 aliphatic heterocycles. The number of rotatable bonds is 10. The third kappa shape index (κ3) is 8.98. The first-order valence-corrected chi connectivity index (χ1v) is 13.1. The van der Waals surface area contributed by atoms with Crippen LogP contribution in [0.2, 0.25) is 0 Å². The van der Waals surface area contributed by atoms with Gasteiger partial charge in [-0.25, -0.2) is 14.4 Å². The number of hydrazine groups is 1. The third-order valence-corrected chi connectivity index (χ3v) is 5.99. The number of carboxylic acids is 1. The van der Waals surface area contributed by atoms with Crippen molar-refractivity contribution in [3.63, 3.8) is 0 Å². The predicted octanol–water partition coefficient (Wildman–Crippen LogP) is 3.19. The summed E-state index contributed by atoms with van der Waals surface area (Å²) in [5, 5.41) is 12.6. The molecule has 0 radical (unpaired) electrons. The topological polar surface area (TPSA) is 177 Å². The number of hydrogen-bond donors (Lipinski definition) is 4. The van der Waals surface area contributed by atoms with Crippen LogP contribution in [0.4, 0.5) is 5.69 Å². The summed E-state index contributed by atoms with van der Waals surface area (Å²) in [7, 11) is 0. The van der Waals surface area contributed by atoms with E-state index in [1.165, 1.54) is 48.5 Å². The van der Waals surface area contributed by atoms with Crippen molar-refractivity contribution in [3.8, 4) is 0 Å². The van der Waals surface area contributed by atoms with Crippen LogP contribution in [0.15, 0.2) is 72.8 Å². The van der Waals surface area contributed by atoms with Crippen LogP contribution in [-0.2, 0) is 23.9 Å². The lowest BCUT2D eigenvalue weighted by atomic mass is 10.1. The Hall–Kier alpha value is -5.52. The Morgan fingerprint density at radius 3 is 1.63 bits per heavy atom. The predicted molar refractivity (Wildman–Crippen MR) is 154 cm³/mol. The van der Waals surface area contributed by atoms with Gasteiger partial charge in [0.2, 0.25) is 18.1 Å². The van der Waals surface area contributed by atoms with Gasteiger partial charge in [0.1, 0.15) is 0 Å². The van der Waals surface area contributed by atoms with Crippen LogP contribution < -0.4 is 16.2 Å². The Morgan fingerprint density at radius 1 is 0.651 bits per heavy atom. The van der Waals surface area contributed by atoms with E-state index in [1.54, 1.807) is 52.0 Å². The number of benzene rings is 3. The van der Waals surface area contributed by atoms with Crippen molar-refractivity contribution in [2.75, 3.05) is 5.32 Å². The number of nitrogens with one attached hydrogen (secondary N) is 3. The van der Waals surface area contributed by atoms with Crippen LogP contribution in [0, 0.1) is 19.8 Å². The zero-order chi connectivity index (χ0) is 31.7. The van der Waals surface area contributed by atoms with Gasteiger partial charge in [-0.2, -0.15) is 0 Å². The Bertz CT molecular complexity index is 1530. The summed E-state index contributed by atoms with van der Waals surface area (Å²) >= 11 is 0. The van der Waals surface area contributed by atoms with E-state index in [1.807, 2.05) is 5.43 Å². The summed E-state index contributed by atoms with van der Waals surface area (Å²) in [6, 6.07) is 18.0. The maximum Gasteiger partial charge on any atom is 0.349 e. The zero-order valence-corrected chi connectivity index (χ0v) is 23.9. The molecular weight excluding hydrogens is 558 g/mol. The number of aliphatic carboxylic acids is 1. The van der Waals surface area contributed by atoms with Gasteiger partial charge in [-0.3, -0.25) is 25.2 Å². The minimum atomic E-state index is -2.28. The molecular formula is C31H31N3O9. The minimum absolute atomic E-state index is 0.0109. The quantitative estimate of drug-likeness (QED) is 0.204. The molecule has 0 spiro atoms. The molecule has 0 bridgehead atoms. The molecule has 2 atom stereocenters. The highest BCUT2D eigenvalue weighted by Crippen LogP contribution is 2.15. The molecule has 3 aromatic rings. The van der Waals surface area contributed by atoms with Crippen LogP contribution in [0.25, 0.3) is 0 Å². The van der Waals surface area contributed by atoms with Gasteiger partial charge in [-0.1, -0.05) is 49.2 Å². The minimum Gasteiger partial charge on any atom is -0.478 e. The van der Waals surface area contributed by atoms with Gasteiger partial charge in [-0.15, -0.1) is 0 Å². The number of ether oxygens (including phenoxy) is 2. The van der Waals surface area contributed by atoms with Crippen molar-refractivity contribution < 1.29 is 43.3 Å². The molecule has 0 saturated carbocycles. The fourth-order valence-electron chi connectivity index (χ4n) is 3.66. The highest BCUT2D eigenvalue weighted by Gasteiger charge is 2.41. The Balaban J connectivity index is 1.80. The fourth-order valence-corrected chi connectivity index (χ4v) is 3.66. The summed E-state index contributed by atoms with van der Waals surface area (Å²) in [4.78, 5) is 75.6. The number of anilines is 1. The highest BCUT2D eigenvalue weighted by atomic mass is 16.6. The summed E-state index contributed by atoms with van der Waals surface area (Å²) in [6.45, 7) is 6.88. The van der Waals surface area contributed by atoms with E-state index < -0.39 is 41.9 Å². The lowest BCUT2D eigenvalue weighted by Crippen LogP contribution is -2.54. The highest BCUT2D eigenvalue weighted by molar-refractivity contribution is 5.99. The number of esters is 2. The van der Waals surface area contributed by atoms with Crippen LogP contribution in [-0.4, -0.2) is 52.9 Å². The Kier molecular flexibility index (Phi) is 10.7. The lowest BCUT2D eigenvalue weighted by Gasteiger charge is -2.23. The number of aryl methyl sites for hydroxylation is 2. The average Bonchev–Trinajstić information content (AvgIpc) is 2.97. The zero-order valence-electron chi connectivity index (χ0n) is 23.9. The largest absolute Gasteiger partial charge is 0.478 e. The van der Waals surface area contributed by atoms with E-state index in [-0.39, 0.29) is 28.5 Å². The maximum absolute atomic E-state index is 13.2. The molecule has 3 aromatic carbocycles. The van der Waals surface area contributed by atoms with Crippen molar-refractivity contribution >= 4 is 41.3 Å². The van der Waals surface area contributed by atoms with Crippen molar-refractivity contribution in [3.05, 3.63) is 101 Å². The molecule has 0 unspecified atom stereocenters. The number of amides is 3. The van der Waals surface area contributed by atoms with Gasteiger partial charge in [0.05, 0.1) is 11.1 Å². The van der Waals surface area contributed by atoms with Gasteiger partial charge >= 0.3 is 17.9 Å². The molecule has 0 aliphatic carbocycles. The molecule has 224 valence electrons. The van der Waals surface area contributed by atoms with Gasteiger partial charge in [-0.05, 0) is 62.4 Å². The average molecular weight is 590 g/mol. The van der Waals surface area contributed by atoms with Gasteiger partial charge in [0, 0.05) is 17.2 Å². The Morgan fingerprint density at radius 2 is 1.16 bits per heavy atom.